The maximum absolute atomic E-state index is 12.6. The molecule has 3 aromatic heterocycles. The first-order valence-corrected chi connectivity index (χ1v) is 8.63. The summed E-state index contributed by atoms with van der Waals surface area (Å²) in [6.45, 7) is 1.79. The molecule has 110 valence electrons. The summed E-state index contributed by atoms with van der Waals surface area (Å²) < 4.78 is 29.3. The minimum Gasteiger partial charge on any atom is -0.381 e. The van der Waals surface area contributed by atoms with E-state index in [0.29, 0.717) is 5.65 Å². The summed E-state index contributed by atoms with van der Waals surface area (Å²) in [6.07, 6.45) is 1.63. The third-order valence-corrected chi connectivity index (χ3v) is 5.70. The van der Waals surface area contributed by atoms with Gasteiger partial charge in [0.15, 0.2) is 10.8 Å². The molecule has 3 N–H and O–H groups in total. The Hall–Kier alpha value is -1.90. The average Bonchev–Trinajstić information content (AvgIpc) is 3.04. The Bertz CT molecular complexity index is 869. The molecule has 8 heteroatoms. The fourth-order valence-electron chi connectivity index (χ4n) is 2.14. The van der Waals surface area contributed by atoms with Crippen molar-refractivity contribution in [2.45, 2.75) is 18.0 Å². The number of pyridine rings is 1. The Morgan fingerprint density at radius 3 is 2.86 bits per heavy atom. The lowest BCUT2D eigenvalue weighted by atomic mass is 10.3. The van der Waals surface area contributed by atoms with Crippen molar-refractivity contribution < 1.29 is 8.42 Å². The van der Waals surface area contributed by atoms with E-state index in [4.69, 9.17) is 5.73 Å². The molecule has 0 aliphatic heterocycles. The van der Waals surface area contributed by atoms with Crippen LogP contribution in [0.5, 0.6) is 0 Å². The van der Waals surface area contributed by atoms with Crippen LogP contribution >= 0.6 is 11.3 Å². The van der Waals surface area contributed by atoms with Gasteiger partial charge in [0.1, 0.15) is 5.65 Å². The number of anilines is 1. The molecule has 21 heavy (non-hydrogen) atoms. The average molecular weight is 322 g/mol. The van der Waals surface area contributed by atoms with E-state index in [1.807, 2.05) is 17.5 Å². The number of thiophene rings is 1. The number of imidazole rings is 1. The zero-order valence-corrected chi connectivity index (χ0v) is 12.9. The Morgan fingerprint density at radius 1 is 1.33 bits per heavy atom. The molecule has 0 spiro atoms. The molecule has 0 saturated heterocycles. The van der Waals surface area contributed by atoms with E-state index < -0.39 is 10.0 Å². The summed E-state index contributed by atoms with van der Waals surface area (Å²) in [5, 5.41) is 1.88. The van der Waals surface area contributed by atoms with Gasteiger partial charge in [-0.3, -0.25) is 4.40 Å². The fourth-order valence-corrected chi connectivity index (χ4v) is 4.39. The van der Waals surface area contributed by atoms with Crippen LogP contribution in [0, 0.1) is 0 Å². The molecule has 3 aromatic rings. The third kappa shape index (κ3) is 2.53. The SMILES string of the molecule is CC(NS(=O)(=O)c1c(N)nc2ccccn12)c1cccs1. The maximum Gasteiger partial charge on any atom is 0.260 e. The summed E-state index contributed by atoms with van der Waals surface area (Å²) in [5.41, 5.74) is 6.28. The molecule has 0 saturated carbocycles. The lowest BCUT2D eigenvalue weighted by molar-refractivity contribution is 0.564. The molecule has 0 radical (unpaired) electrons. The van der Waals surface area contributed by atoms with E-state index in [1.54, 1.807) is 31.3 Å². The van der Waals surface area contributed by atoms with E-state index >= 15 is 0 Å². The first kappa shape index (κ1) is 14.1. The second-order valence-electron chi connectivity index (χ2n) is 4.59. The van der Waals surface area contributed by atoms with Gasteiger partial charge in [-0.05, 0) is 30.5 Å². The molecule has 0 aliphatic rings. The molecule has 0 amide bonds. The molecule has 0 bridgehead atoms. The van der Waals surface area contributed by atoms with Crippen molar-refractivity contribution in [3.63, 3.8) is 0 Å². The summed E-state index contributed by atoms with van der Waals surface area (Å²) in [7, 11) is -3.77. The van der Waals surface area contributed by atoms with Gasteiger partial charge >= 0.3 is 0 Å². The van der Waals surface area contributed by atoms with Gasteiger partial charge in [-0.1, -0.05) is 12.1 Å². The lowest BCUT2D eigenvalue weighted by Crippen LogP contribution is -2.28. The van der Waals surface area contributed by atoms with Crippen LogP contribution in [-0.2, 0) is 10.0 Å². The predicted octanol–water partition coefficient (Wildman–Crippen LogP) is 2.02. The summed E-state index contributed by atoms with van der Waals surface area (Å²) in [6, 6.07) is 8.65. The third-order valence-electron chi connectivity index (χ3n) is 3.07. The molecule has 0 aliphatic carbocycles. The van der Waals surface area contributed by atoms with E-state index in [0.717, 1.165) is 4.88 Å². The molecule has 3 heterocycles. The van der Waals surface area contributed by atoms with Crippen LogP contribution in [0.1, 0.15) is 17.8 Å². The quantitative estimate of drug-likeness (QED) is 0.769. The normalized spacial score (nSPS) is 13.6. The minimum absolute atomic E-state index is 0.00733. The predicted molar refractivity (Wildman–Crippen MR) is 82.7 cm³/mol. The second-order valence-corrected chi connectivity index (χ2v) is 7.20. The Balaban J connectivity index is 2.03. The zero-order valence-electron chi connectivity index (χ0n) is 11.2. The van der Waals surface area contributed by atoms with Crippen molar-refractivity contribution in [3.8, 4) is 0 Å². The highest BCUT2D eigenvalue weighted by Crippen LogP contribution is 2.24. The van der Waals surface area contributed by atoms with E-state index in [9.17, 15) is 8.42 Å². The number of nitrogens with two attached hydrogens (primary N) is 1. The van der Waals surface area contributed by atoms with Gasteiger partial charge in [-0.15, -0.1) is 11.3 Å². The summed E-state index contributed by atoms with van der Waals surface area (Å²) in [4.78, 5) is 5.01. The van der Waals surface area contributed by atoms with Crippen molar-refractivity contribution in [2.75, 3.05) is 5.73 Å². The number of nitrogens with zero attached hydrogens (tertiary/aromatic N) is 2. The molecule has 1 atom stereocenters. The van der Waals surface area contributed by atoms with Crippen molar-refractivity contribution >= 4 is 32.8 Å². The van der Waals surface area contributed by atoms with Gasteiger partial charge in [-0.2, -0.15) is 0 Å². The van der Waals surface area contributed by atoms with Gasteiger partial charge in [0.05, 0.1) is 6.04 Å². The minimum atomic E-state index is -3.77. The van der Waals surface area contributed by atoms with Crippen molar-refractivity contribution in [1.82, 2.24) is 14.1 Å². The number of hydrogen-bond donors (Lipinski definition) is 2. The summed E-state index contributed by atoms with van der Waals surface area (Å²) >= 11 is 1.50. The van der Waals surface area contributed by atoms with Crippen molar-refractivity contribution in [2.24, 2.45) is 0 Å². The number of nitrogen functional groups attached to an aromatic ring is 1. The number of hydrogen-bond acceptors (Lipinski definition) is 5. The molecular weight excluding hydrogens is 308 g/mol. The molecular formula is C13H14N4O2S2. The number of fused-ring (bicyclic) bond motifs is 1. The van der Waals surface area contributed by atoms with E-state index in [-0.39, 0.29) is 16.9 Å². The van der Waals surface area contributed by atoms with Crippen LogP contribution in [0.25, 0.3) is 5.65 Å². The van der Waals surface area contributed by atoms with Gasteiger partial charge < -0.3 is 5.73 Å². The number of sulfonamides is 1. The monoisotopic (exact) mass is 322 g/mol. The number of aromatic nitrogens is 2. The molecule has 0 fully saturated rings. The highest BCUT2D eigenvalue weighted by atomic mass is 32.2. The smallest absolute Gasteiger partial charge is 0.260 e. The standard InChI is InChI=1S/C13H14N4O2S2/c1-9(10-5-4-8-20-10)16-21(18,19)13-12(14)15-11-6-2-3-7-17(11)13/h2-9,16H,14H2,1H3. The Kier molecular flexibility index (Phi) is 3.44. The lowest BCUT2D eigenvalue weighted by Gasteiger charge is -2.12. The molecule has 3 rings (SSSR count). The Labute approximate surface area is 126 Å². The van der Waals surface area contributed by atoms with Crippen LogP contribution in [-0.4, -0.2) is 17.8 Å². The Morgan fingerprint density at radius 2 is 2.14 bits per heavy atom. The van der Waals surface area contributed by atoms with Gasteiger partial charge in [0, 0.05) is 11.1 Å². The first-order valence-electron chi connectivity index (χ1n) is 6.27. The molecule has 6 nitrogen and oxygen atoms in total. The van der Waals surface area contributed by atoms with Gasteiger partial charge in [0.25, 0.3) is 10.0 Å². The molecule has 0 aromatic carbocycles. The maximum atomic E-state index is 12.6. The number of nitrogens with one attached hydrogen (secondary N) is 1. The fraction of sp³-hybridized carbons (Fsp3) is 0.154. The van der Waals surface area contributed by atoms with E-state index in [2.05, 4.69) is 9.71 Å². The highest BCUT2D eigenvalue weighted by Gasteiger charge is 2.26. The van der Waals surface area contributed by atoms with Crippen LogP contribution in [0.4, 0.5) is 5.82 Å². The van der Waals surface area contributed by atoms with Crippen LogP contribution in [0.3, 0.4) is 0 Å². The summed E-state index contributed by atoms with van der Waals surface area (Å²) in [5.74, 6) is -0.00733. The molecule has 1 unspecified atom stereocenters. The second kappa shape index (κ2) is 5.14. The van der Waals surface area contributed by atoms with Gasteiger partial charge in [0.2, 0.25) is 0 Å². The van der Waals surface area contributed by atoms with Crippen molar-refractivity contribution in [3.05, 3.63) is 46.8 Å². The largest absolute Gasteiger partial charge is 0.381 e. The first-order chi connectivity index (χ1) is 9.99. The van der Waals surface area contributed by atoms with Crippen LogP contribution in [0.15, 0.2) is 46.9 Å². The van der Waals surface area contributed by atoms with Crippen LogP contribution in [0.2, 0.25) is 0 Å². The van der Waals surface area contributed by atoms with E-state index in [1.165, 1.54) is 15.7 Å². The van der Waals surface area contributed by atoms with Crippen LogP contribution < -0.4 is 10.5 Å². The zero-order chi connectivity index (χ0) is 15.0. The van der Waals surface area contributed by atoms with Gasteiger partial charge in [-0.25, -0.2) is 18.1 Å². The topological polar surface area (TPSA) is 89.5 Å². The number of rotatable bonds is 4. The van der Waals surface area contributed by atoms with Crippen molar-refractivity contribution in [1.29, 1.82) is 0 Å². The highest BCUT2D eigenvalue weighted by molar-refractivity contribution is 7.89.